The minimum atomic E-state index is -0.915. The van der Waals surface area contributed by atoms with E-state index >= 15 is 0 Å². The van der Waals surface area contributed by atoms with Gasteiger partial charge in [0.15, 0.2) is 5.13 Å². The Morgan fingerprint density at radius 1 is 1.11 bits per heavy atom. The minimum Gasteiger partial charge on any atom is -0.439 e. The summed E-state index contributed by atoms with van der Waals surface area (Å²) in [4.78, 5) is 33.3. The van der Waals surface area contributed by atoms with Gasteiger partial charge in [-0.1, -0.05) is 22.9 Å². The fraction of sp³-hybridized carbons (Fsp3) is 0.160. The lowest BCUT2D eigenvalue weighted by Crippen LogP contribution is -2.18. The van der Waals surface area contributed by atoms with E-state index in [4.69, 9.17) is 16.3 Å². The van der Waals surface area contributed by atoms with Crippen LogP contribution < -0.4 is 15.4 Å². The first-order chi connectivity index (χ1) is 17.1. The molecule has 2 aromatic heterocycles. The molecule has 0 saturated heterocycles. The molecule has 0 spiro atoms. The first kappa shape index (κ1) is 25.0. The van der Waals surface area contributed by atoms with Crippen molar-refractivity contribution in [1.82, 2.24) is 9.97 Å². The topological polar surface area (TPSA) is 117 Å². The number of fused-ring (bicyclic) bond motifs is 1. The Hall–Kier alpha value is -4.07. The molecule has 0 saturated carbocycles. The zero-order valence-electron chi connectivity index (χ0n) is 19.3. The number of rotatable bonds is 6. The molecule has 0 radical (unpaired) electrons. The Bertz CT molecular complexity index is 1550. The number of nitriles is 1. The summed E-state index contributed by atoms with van der Waals surface area (Å²) < 4.78 is 20.3. The average molecular weight is 524 g/mol. The van der Waals surface area contributed by atoms with E-state index < -0.39 is 17.1 Å². The third-order valence-electron chi connectivity index (χ3n) is 5.10. The van der Waals surface area contributed by atoms with Gasteiger partial charge in [0.25, 0.3) is 5.91 Å². The average Bonchev–Trinajstić information content (AvgIpc) is 3.22. The highest BCUT2D eigenvalue weighted by Crippen LogP contribution is 2.32. The highest BCUT2D eigenvalue weighted by atomic mass is 35.5. The zero-order chi connectivity index (χ0) is 26.0. The number of aromatic nitrogens is 2. The van der Waals surface area contributed by atoms with Crippen LogP contribution in [0, 0.1) is 17.1 Å². The summed E-state index contributed by atoms with van der Waals surface area (Å²) in [5.74, 6) is -1.01. The van der Waals surface area contributed by atoms with Crippen molar-refractivity contribution in [3.8, 4) is 17.7 Å². The van der Waals surface area contributed by atoms with E-state index in [9.17, 15) is 19.2 Å². The molecule has 4 aromatic rings. The molecule has 0 atom stereocenters. The highest BCUT2D eigenvalue weighted by molar-refractivity contribution is 7.21. The second kappa shape index (κ2) is 9.89. The Balaban J connectivity index is 1.55. The summed E-state index contributed by atoms with van der Waals surface area (Å²) in [7, 11) is 0. The van der Waals surface area contributed by atoms with Gasteiger partial charge in [-0.3, -0.25) is 9.59 Å². The molecule has 11 heteroatoms. The molecule has 36 heavy (non-hydrogen) atoms. The number of hydrogen-bond acceptors (Lipinski definition) is 7. The van der Waals surface area contributed by atoms with Gasteiger partial charge in [-0.25, -0.2) is 14.4 Å². The van der Waals surface area contributed by atoms with Gasteiger partial charge in [0, 0.05) is 29.6 Å². The van der Waals surface area contributed by atoms with E-state index in [0.717, 1.165) is 6.07 Å². The molecule has 0 fully saturated rings. The van der Waals surface area contributed by atoms with Crippen molar-refractivity contribution in [3.63, 3.8) is 0 Å². The smallest absolute Gasteiger partial charge is 0.255 e. The van der Waals surface area contributed by atoms with Crippen LogP contribution in [0.3, 0.4) is 0 Å². The van der Waals surface area contributed by atoms with Gasteiger partial charge in [-0.2, -0.15) is 5.26 Å². The first-order valence-electron chi connectivity index (χ1n) is 10.6. The summed E-state index contributed by atoms with van der Waals surface area (Å²) >= 11 is 7.41. The van der Waals surface area contributed by atoms with Crippen molar-refractivity contribution in [3.05, 3.63) is 70.5 Å². The van der Waals surface area contributed by atoms with Crippen LogP contribution in [0.25, 0.3) is 10.3 Å². The number of benzene rings is 2. The summed E-state index contributed by atoms with van der Waals surface area (Å²) in [6, 6.07) is 13.9. The SMILES string of the molecule is CC(=O)Nc1nc2ccc(Oc3ccc(F)c(NC(=O)c4ccc(Cl)c(C(C)(C)C#N)c4)c3)nc2s1. The van der Waals surface area contributed by atoms with Crippen LogP contribution in [-0.4, -0.2) is 21.8 Å². The second-order valence-corrected chi connectivity index (χ2v) is 9.69. The van der Waals surface area contributed by atoms with Gasteiger partial charge in [0.1, 0.15) is 21.9 Å². The van der Waals surface area contributed by atoms with Crippen LogP contribution in [0.15, 0.2) is 48.5 Å². The number of carbonyl (C=O) groups excluding carboxylic acids is 2. The van der Waals surface area contributed by atoms with Crippen molar-refractivity contribution >= 4 is 55.9 Å². The monoisotopic (exact) mass is 523 g/mol. The predicted octanol–water partition coefficient (Wildman–Crippen LogP) is 6.29. The summed E-state index contributed by atoms with van der Waals surface area (Å²) in [6.07, 6.45) is 0. The number of pyridine rings is 1. The summed E-state index contributed by atoms with van der Waals surface area (Å²) in [5, 5.41) is 15.3. The molecule has 4 rings (SSSR count). The Labute approximate surface area is 214 Å². The van der Waals surface area contributed by atoms with Gasteiger partial charge in [-0.05, 0) is 55.8 Å². The molecule has 2 amide bonds. The number of thiazole rings is 1. The van der Waals surface area contributed by atoms with Crippen LogP contribution in [-0.2, 0) is 10.2 Å². The Kier molecular flexibility index (Phi) is 6.88. The van der Waals surface area contributed by atoms with Crippen LogP contribution in [0.5, 0.6) is 11.6 Å². The number of halogens is 2. The number of carbonyl (C=O) groups is 2. The van der Waals surface area contributed by atoms with E-state index in [1.54, 1.807) is 26.0 Å². The minimum absolute atomic E-state index is 0.0969. The molecule has 2 aromatic carbocycles. The maximum Gasteiger partial charge on any atom is 0.255 e. The number of ether oxygens (including phenoxy) is 1. The molecule has 0 aliphatic heterocycles. The standard InChI is InChI=1S/C25H19ClFN5O3S/c1-13(33)29-24-31-19-8-9-21(32-23(19)36-24)35-15-5-7-18(27)20(11-15)30-22(34)14-4-6-17(26)16(10-14)25(2,3)12-28/h4-11H,1-3H3,(H,30,34)(H,29,31,33). The molecule has 0 unspecified atom stereocenters. The zero-order valence-corrected chi connectivity index (χ0v) is 20.9. The molecule has 8 nitrogen and oxygen atoms in total. The number of nitrogens with one attached hydrogen (secondary N) is 2. The number of amides is 2. The molecule has 0 bridgehead atoms. The van der Waals surface area contributed by atoms with E-state index in [2.05, 4.69) is 26.7 Å². The molecular weight excluding hydrogens is 505 g/mol. The largest absolute Gasteiger partial charge is 0.439 e. The van der Waals surface area contributed by atoms with Crippen molar-refractivity contribution < 1.29 is 18.7 Å². The van der Waals surface area contributed by atoms with Crippen molar-refractivity contribution in [2.45, 2.75) is 26.2 Å². The third kappa shape index (κ3) is 5.43. The van der Waals surface area contributed by atoms with Crippen molar-refractivity contribution in [2.75, 3.05) is 10.6 Å². The molecule has 0 aliphatic rings. The predicted molar refractivity (Wildman–Crippen MR) is 136 cm³/mol. The van der Waals surface area contributed by atoms with Crippen LogP contribution in [0.1, 0.15) is 36.7 Å². The first-order valence-corrected chi connectivity index (χ1v) is 11.8. The van der Waals surface area contributed by atoms with Gasteiger partial charge in [0.2, 0.25) is 11.8 Å². The summed E-state index contributed by atoms with van der Waals surface area (Å²) in [6.45, 7) is 4.77. The number of nitrogens with zero attached hydrogens (tertiary/aromatic N) is 3. The van der Waals surface area contributed by atoms with E-state index in [1.807, 2.05) is 0 Å². The van der Waals surface area contributed by atoms with Gasteiger partial charge in [0.05, 0.1) is 17.2 Å². The molecule has 0 aliphatic carbocycles. The van der Waals surface area contributed by atoms with Crippen molar-refractivity contribution in [1.29, 1.82) is 5.26 Å². The number of hydrogen-bond donors (Lipinski definition) is 2. The quantitative estimate of drug-likeness (QED) is 0.307. The lowest BCUT2D eigenvalue weighted by atomic mass is 9.85. The Morgan fingerprint density at radius 3 is 2.61 bits per heavy atom. The highest BCUT2D eigenvalue weighted by Gasteiger charge is 2.24. The number of anilines is 2. The summed E-state index contributed by atoms with van der Waals surface area (Å²) in [5.41, 5.74) is 0.283. The lowest BCUT2D eigenvalue weighted by molar-refractivity contribution is -0.114. The molecule has 182 valence electrons. The third-order valence-corrected chi connectivity index (χ3v) is 6.31. The van der Waals surface area contributed by atoms with Gasteiger partial charge in [-0.15, -0.1) is 0 Å². The maximum absolute atomic E-state index is 14.5. The second-order valence-electron chi connectivity index (χ2n) is 8.30. The van der Waals surface area contributed by atoms with E-state index in [1.165, 1.54) is 48.6 Å². The van der Waals surface area contributed by atoms with Crippen LogP contribution in [0.4, 0.5) is 15.2 Å². The van der Waals surface area contributed by atoms with Crippen LogP contribution in [0.2, 0.25) is 5.02 Å². The van der Waals surface area contributed by atoms with Gasteiger partial charge >= 0.3 is 0 Å². The fourth-order valence-corrected chi connectivity index (χ4v) is 4.48. The van der Waals surface area contributed by atoms with Crippen molar-refractivity contribution in [2.24, 2.45) is 0 Å². The fourth-order valence-electron chi connectivity index (χ4n) is 3.25. The lowest BCUT2D eigenvalue weighted by Gasteiger charge is -2.18. The Morgan fingerprint density at radius 2 is 1.89 bits per heavy atom. The van der Waals surface area contributed by atoms with Crippen LogP contribution >= 0.6 is 22.9 Å². The van der Waals surface area contributed by atoms with E-state index in [-0.39, 0.29) is 28.8 Å². The maximum atomic E-state index is 14.5. The van der Waals surface area contributed by atoms with Gasteiger partial charge < -0.3 is 15.4 Å². The van der Waals surface area contributed by atoms with E-state index in [0.29, 0.717) is 26.1 Å². The molecular formula is C25H19ClFN5O3S. The normalized spacial score (nSPS) is 11.1. The molecule has 2 N–H and O–H groups in total. The molecule has 2 heterocycles.